The first-order valence-electron chi connectivity index (χ1n) is 12.3. The quantitative estimate of drug-likeness (QED) is 0.561. The fraction of sp³-hybridized carbons (Fsp3) is 0.480. The van der Waals surface area contributed by atoms with Crippen molar-refractivity contribution in [2.45, 2.75) is 55.1 Å². The summed E-state index contributed by atoms with van der Waals surface area (Å²) < 4.78 is 66.6. The zero-order valence-corrected chi connectivity index (χ0v) is 22.8. The Labute approximate surface area is 218 Å². The third-order valence-corrected chi connectivity index (χ3v) is 10.2. The Balaban J connectivity index is 1.59. The van der Waals surface area contributed by atoms with Crippen LogP contribution in [0.15, 0.2) is 52.3 Å². The van der Waals surface area contributed by atoms with Crippen molar-refractivity contribution in [1.29, 1.82) is 0 Å². The highest BCUT2D eigenvalue weighted by atomic mass is 32.2. The van der Waals surface area contributed by atoms with Crippen LogP contribution in [0.5, 0.6) is 5.75 Å². The van der Waals surface area contributed by atoms with Gasteiger partial charge in [-0.25, -0.2) is 16.8 Å². The zero-order chi connectivity index (χ0) is 26.8. The molecule has 0 spiro atoms. The Bertz CT molecular complexity index is 1350. The molecule has 2 heterocycles. The van der Waals surface area contributed by atoms with Crippen molar-refractivity contribution < 1.29 is 31.1 Å². The number of carbonyl (C=O) groups is 1. The lowest BCUT2D eigenvalue weighted by atomic mass is 10.2. The second-order valence-electron chi connectivity index (χ2n) is 9.39. The molecule has 0 saturated carbocycles. The van der Waals surface area contributed by atoms with Gasteiger partial charge in [0.15, 0.2) is 0 Å². The first-order chi connectivity index (χ1) is 17.5. The molecule has 37 heavy (non-hydrogen) atoms. The largest absolute Gasteiger partial charge is 0.495 e. The van der Waals surface area contributed by atoms with E-state index in [0.29, 0.717) is 13.1 Å². The Morgan fingerprint density at radius 2 is 1.51 bits per heavy atom. The number of nitrogens with one attached hydrogen (secondary N) is 1. The summed E-state index contributed by atoms with van der Waals surface area (Å²) in [4.78, 5) is 13.2. The standard InChI is InChI=1S/C25H33N3O7S2/c1-18-16-28(17-19(2)35-18)37(32,33)21-9-7-8-20(14-21)25(29)26-23-15-22(10-11-24(23)34-3)36(30,31)27-12-5-4-6-13-27/h7-11,14-15,18-19H,4-6,12-13,16-17H2,1-3H3,(H,26,29)/t18-,19-/m1/s1. The van der Waals surface area contributed by atoms with E-state index in [2.05, 4.69) is 5.32 Å². The highest BCUT2D eigenvalue weighted by Crippen LogP contribution is 2.31. The summed E-state index contributed by atoms with van der Waals surface area (Å²) in [7, 11) is -6.15. The van der Waals surface area contributed by atoms with Crippen molar-refractivity contribution in [3.05, 3.63) is 48.0 Å². The van der Waals surface area contributed by atoms with Gasteiger partial charge in [0.05, 0.1) is 34.8 Å². The number of amides is 1. The number of anilines is 1. The van der Waals surface area contributed by atoms with E-state index in [0.717, 1.165) is 19.3 Å². The number of hydrogen-bond donors (Lipinski definition) is 1. The normalized spacial score (nSPS) is 21.9. The third-order valence-electron chi connectivity index (χ3n) is 6.49. The molecule has 202 valence electrons. The molecule has 2 aliphatic rings. The lowest BCUT2D eigenvalue weighted by Crippen LogP contribution is -2.48. The maximum atomic E-state index is 13.3. The summed E-state index contributed by atoms with van der Waals surface area (Å²) >= 11 is 0. The van der Waals surface area contributed by atoms with Crippen LogP contribution in [0.2, 0.25) is 0 Å². The summed E-state index contributed by atoms with van der Waals surface area (Å²) in [5.74, 6) is -0.308. The first kappa shape index (κ1) is 27.5. The van der Waals surface area contributed by atoms with Gasteiger partial charge < -0.3 is 14.8 Å². The van der Waals surface area contributed by atoms with Crippen LogP contribution in [0.1, 0.15) is 43.5 Å². The highest BCUT2D eigenvalue weighted by Gasteiger charge is 2.33. The Morgan fingerprint density at radius 3 is 2.16 bits per heavy atom. The van der Waals surface area contributed by atoms with Crippen LogP contribution in [-0.4, -0.2) is 76.8 Å². The van der Waals surface area contributed by atoms with Crippen LogP contribution in [0.25, 0.3) is 0 Å². The molecule has 2 aromatic carbocycles. The summed E-state index contributed by atoms with van der Waals surface area (Å²) in [5.41, 5.74) is 0.288. The van der Waals surface area contributed by atoms with Gasteiger partial charge in [0.1, 0.15) is 5.75 Å². The molecule has 12 heteroatoms. The van der Waals surface area contributed by atoms with Crippen molar-refractivity contribution in [2.75, 3.05) is 38.6 Å². The van der Waals surface area contributed by atoms with Gasteiger partial charge in [-0.2, -0.15) is 8.61 Å². The molecule has 0 unspecified atom stereocenters. The summed E-state index contributed by atoms with van der Waals surface area (Å²) in [5, 5.41) is 2.69. The number of morpholine rings is 1. The van der Waals surface area contributed by atoms with E-state index in [1.165, 1.54) is 58.2 Å². The number of methoxy groups -OCH3 is 1. The van der Waals surface area contributed by atoms with Crippen molar-refractivity contribution >= 4 is 31.6 Å². The minimum absolute atomic E-state index is 0.00478. The lowest BCUT2D eigenvalue weighted by molar-refractivity contribution is -0.0440. The van der Waals surface area contributed by atoms with E-state index < -0.39 is 26.0 Å². The molecule has 0 radical (unpaired) electrons. The molecular weight excluding hydrogens is 518 g/mol. The van der Waals surface area contributed by atoms with Crippen molar-refractivity contribution in [1.82, 2.24) is 8.61 Å². The van der Waals surface area contributed by atoms with Crippen LogP contribution in [-0.2, 0) is 24.8 Å². The minimum atomic E-state index is -3.84. The first-order valence-corrected chi connectivity index (χ1v) is 15.2. The fourth-order valence-corrected chi connectivity index (χ4v) is 7.85. The molecule has 2 aliphatic heterocycles. The van der Waals surface area contributed by atoms with Crippen molar-refractivity contribution in [3.8, 4) is 5.75 Å². The van der Waals surface area contributed by atoms with Crippen LogP contribution < -0.4 is 10.1 Å². The maximum absolute atomic E-state index is 13.3. The molecule has 2 fully saturated rings. The molecule has 2 atom stereocenters. The average molecular weight is 552 g/mol. The topological polar surface area (TPSA) is 122 Å². The minimum Gasteiger partial charge on any atom is -0.495 e. The van der Waals surface area contributed by atoms with E-state index >= 15 is 0 Å². The lowest BCUT2D eigenvalue weighted by Gasteiger charge is -2.34. The number of hydrogen-bond acceptors (Lipinski definition) is 7. The van der Waals surface area contributed by atoms with Crippen LogP contribution in [0.4, 0.5) is 5.69 Å². The molecule has 1 N–H and O–H groups in total. The van der Waals surface area contributed by atoms with Gasteiger partial charge in [0.2, 0.25) is 20.0 Å². The third kappa shape index (κ3) is 5.99. The van der Waals surface area contributed by atoms with Crippen molar-refractivity contribution in [3.63, 3.8) is 0 Å². The van der Waals surface area contributed by atoms with Gasteiger partial charge in [-0.15, -0.1) is 0 Å². The van der Waals surface area contributed by atoms with Gasteiger partial charge in [-0.05, 0) is 63.1 Å². The Kier molecular flexibility index (Phi) is 8.24. The van der Waals surface area contributed by atoms with Crippen LogP contribution >= 0.6 is 0 Å². The molecule has 0 aromatic heterocycles. The molecule has 2 saturated heterocycles. The number of nitrogens with zero attached hydrogens (tertiary/aromatic N) is 2. The molecule has 0 bridgehead atoms. The monoisotopic (exact) mass is 551 g/mol. The summed E-state index contributed by atoms with van der Waals surface area (Å²) in [6.07, 6.45) is 2.12. The smallest absolute Gasteiger partial charge is 0.255 e. The maximum Gasteiger partial charge on any atom is 0.255 e. The number of rotatable bonds is 7. The number of carbonyl (C=O) groups excluding carboxylic acids is 1. The predicted octanol–water partition coefficient (Wildman–Crippen LogP) is 2.92. The second kappa shape index (κ2) is 11.1. The second-order valence-corrected chi connectivity index (χ2v) is 13.3. The van der Waals surface area contributed by atoms with Gasteiger partial charge in [0, 0.05) is 31.7 Å². The molecular formula is C25H33N3O7S2. The number of sulfonamides is 2. The van der Waals surface area contributed by atoms with E-state index in [-0.39, 0.29) is 52.1 Å². The predicted molar refractivity (Wildman–Crippen MR) is 139 cm³/mol. The van der Waals surface area contributed by atoms with Gasteiger partial charge in [-0.3, -0.25) is 4.79 Å². The van der Waals surface area contributed by atoms with E-state index in [1.54, 1.807) is 0 Å². The van der Waals surface area contributed by atoms with Crippen molar-refractivity contribution in [2.24, 2.45) is 0 Å². The number of piperidine rings is 1. The van der Waals surface area contributed by atoms with Gasteiger partial charge >= 0.3 is 0 Å². The zero-order valence-electron chi connectivity index (χ0n) is 21.2. The summed E-state index contributed by atoms with van der Waals surface area (Å²) in [6.45, 7) is 4.98. The SMILES string of the molecule is COc1ccc(S(=O)(=O)N2CCCCC2)cc1NC(=O)c1cccc(S(=O)(=O)N2C[C@@H](C)O[C@H](C)C2)c1. The van der Waals surface area contributed by atoms with E-state index in [4.69, 9.17) is 9.47 Å². The van der Waals surface area contributed by atoms with E-state index in [1.807, 2.05) is 13.8 Å². The highest BCUT2D eigenvalue weighted by molar-refractivity contribution is 7.89. The molecule has 1 amide bonds. The van der Waals surface area contributed by atoms with Crippen LogP contribution in [0, 0.1) is 0 Å². The van der Waals surface area contributed by atoms with E-state index in [9.17, 15) is 21.6 Å². The fourth-order valence-electron chi connectivity index (χ4n) is 4.67. The van der Waals surface area contributed by atoms with Gasteiger partial charge in [0.25, 0.3) is 5.91 Å². The number of benzene rings is 2. The van der Waals surface area contributed by atoms with Gasteiger partial charge in [-0.1, -0.05) is 12.5 Å². The van der Waals surface area contributed by atoms with Crippen LogP contribution in [0.3, 0.4) is 0 Å². The molecule has 4 rings (SSSR count). The molecule has 2 aromatic rings. The molecule has 10 nitrogen and oxygen atoms in total. The Morgan fingerprint density at radius 1 is 0.892 bits per heavy atom. The average Bonchev–Trinajstić information content (AvgIpc) is 2.88. The Hall–Kier alpha value is -2.51. The number of ether oxygens (including phenoxy) is 2. The summed E-state index contributed by atoms with van der Waals surface area (Å²) in [6, 6.07) is 10.1. The molecule has 0 aliphatic carbocycles.